The molecule has 9 heteroatoms. The number of nitrogens with zero attached hydrogens (tertiary/aromatic N) is 3. The van der Waals surface area contributed by atoms with E-state index in [0.717, 1.165) is 36.3 Å². The molecule has 0 spiro atoms. The number of hydrogen-bond acceptors (Lipinski definition) is 6. The highest BCUT2D eigenvalue weighted by Crippen LogP contribution is 2.24. The zero-order chi connectivity index (χ0) is 21.7. The standard InChI is InChI=1S/C22H24N4O3S2/c27-21(14-19-16-30-22(25-19)17-6-5-11-23-15-17)24-18-7-9-20(10-8-18)31(28,29)26-12-3-1-2-4-13-26/h5-11,15-16H,1-4,12-14H2,(H,24,27). The first-order valence-electron chi connectivity index (χ1n) is 10.3. The Kier molecular flexibility index (Phi) is 6.74. The fourth-order valence-corrected chi connectivity index (χ4v) is 5.85. The maximum absolute atomic E-state index is 12.9. The quantitative estimate of drug-likeness (QED) is 0.606. The Labute approximate surface area is 186 Å². The molecule has 7 nitrogen and oxygen atoms in total. The number of rotatable bonds is 6. The van der Waals surface area contributed by atoms with Gasteiger partial charge >= 0.3 is 0 Å². The molecule has 162 valence electrons. The van der Waals surface area contributed by atoms with Crippen molar-refractivity contribution in [3.8, 4) is 10.6 Å². The number of nitrogens with one attached hydrogen (secondary N) is 1. The summed E-state index contributed by atoms with van der Waals surface area (Å²) >= 11 is 1.47. The second-order valence-electron chi connectivity index (χ2n) is 7.45. The molecule has 1 saturated heterocycles. The van der Waals surface area contributed by atoms with Crippen LogP contribution in [0.3, 0.4) is 0 Å². The van der Waals surface area contributed by atoms with E-state index in [1.165, 1.54) is 11.3 Å². The third-order valence-electron chi connectivity index (χ3n) is 5.14. The third kappa shape index (κ3) is 5.36. The van der Waals surface area contributed by atoms with Crippen LogP contribution >= 0.6 is 11.3 Å². The Morgan fingerprint density at radius 2 is 1.81 bits per heavy atom. The van der Waals surface area contributed by atoms with E-state index in [4.69, 9.17) is 0 Å². The number of sulfonamides is 1. The van der Waals surface area contributed by atoms with E-state index >= 15 is 0 Å². The average Bonchev–Trinajstić information content (AvgIpc) is 3.05. The summed E-state index contributed by atoms with van der Waals surface area (Å²) in [5.41, 5.74) is 2.16. The van der Waals surface area contributed by atoms with Gasteiger partial charge in [0.15, 0.2) is 0 Å². The van der Waals surface area contributed by atoms with Crippen LogP contribution in [0, 0.1) is 0 Å². The van der Waals surface area contributed by atoms with Gasteiger partial charge in [0.05, 0.1) is 17.0 Å². The maximum atomic E-state index is 12.9. The second-order valence-corrected chi connectivity index (χ2v) is 10.2. The zero-order valence-electron chi connectivity index (χ0n) is 17.0. The van der Waals surface area contributed by atoms with Gasteiger partial charge in [0.2, 0.25) is 15.9 Å². The van der Waals surface area contributed by atoms with Crippen LogP contribution in [0.2, 0.25) is 0 Å². The molecule has 3 aromatic rings. The molecule has 31 heavy (non-hydrogen) atoms. The first-order valence-corrected chi connectivity index (χ1v) is 12.6. The normalized spacial score (nSPS) is 15.4. The van der Waals surface area contributed by atoms with Gasteiger partial charge in [-0.2, -0.15) is 4.31 Å². The predicted molar refractivity (Wildman–Crippen MR) is 121 cm³/mol. The number of hydrogen-bond donors (Lipinski definition) is 1. The maximum Gasteiger partial charge on any atom is 0.243 e. The van der Waals surface area contributed by atoms with Crippen molar-refractivity contribution in [3.05, 3.63) is 59.9 Å². The number of pyridine rings is 1. The smallest absolute Gasteiger partial charge is 0.243 e. The summed E-state index contributed by atoms with van der Waals surface area (Å²) in [7, 11) is -3.50. The Bertz CT molecular complexity index is 1120. The number of anilines is 1. The molecule has 1 fully saturated rings. The number of aromatic nitrogens is 2. The lowest BCUT2D eigenvalue weighted by molar-refractivity contribution is -0.115. The molecular formula is C22H24N4O3S2. The van der Waals surface area contributed by atoms with Crippen molar-refractivity contribution in [2.45, 2.75) is 37.0 Å². The molecule has 1 N–H and O–H groups in total. The van der Waals surface area contributed by atoms with E-state index in [9.17, 15) is 13.2 Å². The van der Waals surface area contributed by atoms with Crippen LogP contribution < -0.4 is 5.32 Å². The highest BCUT2D eigenvalue weighted by Gasteiger charge is 2.25. The molecule has 1 aliphatic heterocycles. The highest BCUT2D eigenvalue weighted by molar-refractivity contribution is 7.89. The van der Waals surface area contributed by atoms with Gasteiger partial charge in [-0.15, -0.1) is 11.3 Å². The summed E-state index contributed by atoms with van der Waals surface area (Å²) in [4.78, 5) is 21.3. The van der Waals surface area contributed by atoms with Gasteiger partial charge < -0.3 is 5.32 Å². The van der Waals surface area contributed by atoms with E-state index in [0.29, 0.717) is 24.5 Å². The molecule has 0 atom stereocenters. The first kappa shape index (κ1) is 21.6. The number of benzene rings is 1. The third-order valence-corrected chi connectivity index (χ3v) is 8.00. The SMILES string of the molecule is O=C(Cc1csc(-c2cccnc2)n1)Nc1ccc(S(=O)(=O)N2CCCCCC2)cc1. The number of carbonyl (C=O) groups is 1. The van der Waals surface area contributed by atoms with Gasteiger partial charge in [-0.05, 0) is 49.2 Å². The van der Waals surface area contributed by atoms with Crippen LogP contribution in [-0.2, 0) is 21.2 Å². The molecule has 1 aliphatic rings. The van der Waals surface area contributed by atoms with Crippen LogP contribution in [0.1, 0.15) is 31.4 Å². The lowest BCUT2D eigenvalue weighted by atomic mass is 10.2. The minimum atomic E-state index is -3.50. The molecule has 0 saturated carbocycles. The van der Waals surface area contributed by atoms with Crippen LogP contribution in [-0.4, -0.2) is 41.7 Å². The molecular weight excluding hydrogens is 432 g/mol. The average molecular weight is 457 g/mol. The lowest BCUT2D eigenvalue weighted by Gasteiger charge is -2.20. The van der Waals surface area contributed by atoms with Gasteiger partial charge in [0.1, 0.15) is 5.01 Å². The van der Waals surface area contributed by atoms with E-state index < -0.39 is 10.0 Å². The van der Waals surface area contributed by atoms with Crippen molar-refractivity contribution in [1.82, 2.24) is 14.3 Å². The summed E-state index contributed by atoms with van der Waals surface area (Å²) in [6.45, 7) is 1.13. The van der Waals surface area contributed by atoms with Crippen molar-refractivity contribution in [2.24, 2.45) is 0 Å². The first-order chi connectivity index (χ1) is 15.0. The van der Waals surface area contributed by atoms with Crippen LogP contribution in [0.15, 0.2) is 59.1 Å². The monoisotopic (exact) mass is 456 g/mol. The van der Waals surface area contributed by atoms with Crippen LogP contribution in [0.5, 0.6) is 0 Å². The highest BCUT2D eigenvalue weighted by atomic mass is 32.2. The molecule has 2 aromatic heterocycles. The van der Waals surface area contributed by atoms with Crippen molar-refractivity contribution < 1.29 is 13.2 Å². The Morgan fingerprint density at radius 3 is 2.48 bits per heavy atom. The Morgan fingerprint density at radius 1 is 1.06 bits per heavy atom. The molecule has 0 unspecified atom stereocenters. The molecule has 3 heterocycles. The molecule has 1 aromatic carbocycles. The number of carbonyl (C=O) groups excluding carboxylic acids is 1. The van der Waals surface area contributed by atoms with E-state index in [1.807, 2.05) is 17.5 Å². The number of amides is 1. The van der Waals surface area contributed by atoms with Crippen LogP contribution in [0.4, 0.5) is 5.69 Å². The van der Waals surface area contributed by atoms with Crippen LogP contribution in [0.25, 0.3) is 10.6 Å². The summed E-state index contributed by atoms with van der Waals surface area (Å²) in [5, 5.41) is 5.49. The summed E-state index contributed by atoms with van der Waals surface area (Å²) in [6.07, 6.45) is 7.52. The van der Waals surface area contributed by atoms with Crippen molar-refractivity contribution in [3.63, 3.8) is 0 Å². The molecule has 0 aliphatic carbocycles. The van der Waals surface area contributed by atoms with E-state index in [-0.39, 0.29) is 17.2 Å². The van der Waals surface area contributed by atoms with Gasteiger partial charge in [0, 0.05) is 42.1 Å². The second kappa shape index (κ2) is 9.67. The fourth-order valence-electron chi connectivity index (χ4n) is 3.52. The molecule has 1 amide bonds. The molecule has 0 radical (unpaired) electrons. The molecule has 0 bridgehead atoms. The van der Waals surface area contributed by atoms with Gasteiger partial charge in [-0.25, -0.2) is 13.4 Å². The Hall–Kier alpha value is -2.62. The van der Waals surface area contributed by atoms with E-state index in [2.05, 4.69) is 15.3 Å². The largest absolute Gasteiger partial charge is 0.326 e. The summed E-state index contributed by atoms with van der Waals surface area (Å²) < 4.78 is 27.3. The molecule has 4 rings (SSSR count). The predicted octanol–water partition coefficient (Wildman–Crippen LogP) is 3.95. The van der Waals surface area contributed by atoms with E-state index in [1.54, 1.807) is 41.0 Å². The Balaban J connectivity index is 1.38. The minimum absolute atomic E-state index is 0.143. The van der Waals surface area contributed by atoms with Crippen molar-refractivity contribution in [2.75, 3.05) is 18.4 Å². The van der Waals surface area contributed by atoms with Gasteiger partial charge in [0.25, 0.3) is 0 Å². The summed E-state index contributed by atoms with van der Waals surface area (Å²) in [5.74, 6) is -0.203. The minimum Gasteiger partial charge on any atom is -0.326 e. The lowest BCUT2D eigenvalue weighted by Crippen LogP contribution is -2.31. The summed E-state index contributed by atoms with van der Waals surface area (Å²) in [6, 6.07) is 10.1. The fraction of sp³-hybridized carbons (Fsp3) is 0.318. The zero-order valence-corrected chi connectivity index (χ0v) is 18.7. The van der Waals surface area contributed by atoms with Crippen molar-refractivity contribution >= 4 is 33.0 Å². The number of thiazole rings is 1. The topological polar surface area (TPSA) is 92.3 Å². The van der Waals surface area contributed by atoms with Gasteiger partial charge in [-0.1, -0.05) is 12.8 Å². The van der Waals surface area contributed by atoms with Gasteiger partial charge in [-0.3, -0.25) is 9.78 Å². The van der Waals surface area contributed by atoms with Crippen molar-refractivity contribution in [1.29, 1.82) is 0 Å².